The van der Waals surface area contributed by atoms with E-state index in [1.807, 2.05) is 34.6 Å². The van der Waals surface area contributed by atoms with E-state index in [1.165, 1.54) is 0 Å². The van der Waals surface area contributed by atoms with Crippen molar-refractivity contribution >= 4 is 17.6 Å². The smallest absolute Gasteiger partial charge is 0.248 e. The molecule has 146 valence electrons. The number of hydrogen-bond acceptors (Lipinski definition) is 5. The van der Waals surface area contributed by atoms with E-state index in [0.29, 0.717) is 44.7 Å². The van der Waals surface area contributed by atoms with E-state index in [9.17, 15) is 14.4 Å². The average molecular weight is 357 g/mol. The Balaban J connectivity index is 4.34. The molecule has 0 heterocycles. The summed E-state index contributed by atoms with van der Waals surface area (Å²) < 4.78 is 0. The molecule has 0 saturated heterocycles. The Hall–Kier alpha value is -1.47. The van der Waals surface area contributed by atoms with Gasteiger partial charge in [0.05, 0.1) is 0 Å². The van der Waals surface area contributed by atoms with Crippen molar-refractivity contribution in [3.05, 3.63) is 0 Å². The first-order valence-electron chi connectivity index (χ1n) is 9.05. The van der Waals surface area contributed by atoms with Gasteiger partial charge in [-0.1, -0.05) is 34.6 Å². The second kappa shape index (κ2) is 12.0. The largest absolute Gasteiger partial charge is 0.356 e. The zero-order chi connectivity index (χ0) is 19.5. The van der Waals surface area contributed by atoms with Gasteiger partial charge in [0, 0.05) is 30.8 Å². The fourth-order valence-corrected chi connectivity index (χ4v) is 2.65. The van der Waals surface area contributed by atoms with E-state index < -0.39 is 5.41 Å². The molecule has 0 rings (SSSR count). The summed E-state index contributed by atoms with van der Waals surface area (Å²) in [6.07, 6.45) is 2.38. The molecular formula is C18H35N3O4. The van der Waals surface area contributed by atoms with Crippen LogP contribution in [0.5, 0.6) is 0 Å². The zero-order valence-corrected chi connectivity index (χ0v) is 16.3. The molecular weight excluding hydrogens is 322 g/mol. The van der Waals surface area contributed by atoms with E-state index in [1.54, 1.807) is 0 Å². The second-order valence-corrected chi connectivity index (χ2v) is 7.35. The maximum absolute atomic E-state index is 12.5. The molecule has 2 amide bonds. The Morgan fingerprint density at radius 2 is 1.72 bits per heavy atom. The van der Waals surface area contributed by atoms with Gasteiger partial charge in [-0.25, -0.2) is 5.90 Å². The van der Waals surface area contributed by atoms with Gasteiger partial charge in [-0.15, -0.1) is 0 Å². The van der Waals surface area contributed by atoms with Crippen LogP contribution >= 0.6 is 0 Å². The van der Waals surface area contributed by atoms with Crippen molar-refractivity contribution in [3.63, 3.8) is 0 Å². The lowest BCUT2D eigenvalue weighted by Crippen LogP contribution is -2.41. The number of hydrogen-bond donors (Lipinski definition) is 3. The Bertz CT molecular complexity index is 440. The summed E-state index contributed by atoms with van der Waals surface area (Å²) in [6, 6.07) is 0. The normalized spacial score (nSPS) is 14.7. The standard InChI is InChI=1S/C18H35N3O4/c1-6-18(5,11-14(4)15(22)10-13(2)3)17(24)21-9-7-8-20-16(23)12-25-19/h13-14H,6-12,19H2,1-5H3,(H,20,23)(H,21,24). The number of amides is 2. The van der Waals surface area contributed by atoms with Gasteiger partial charge in [0.15, 0.2) is 0 Å². The molecule has 0 saturated carbocycles. The van der Waals surface area contributed by atoms with Crippen molar-refractivity contribution in [2.24, 2.45) is 23.1 Å². The summed E-state index contributed by atoms with van der Waals surface area (Å²) in [5.74, 6) is 4.89. The molecule has 0 aliphatic carbocycles. The number of Topliss-reactive ketones (excluding diaryl/α,β-unsaturated/α-hetero) is 1. The lowest BCUT2D eigenvalue weighted by molar-refractivity contribution is -0.132. The van der Waals surface area contributed by atoms with Crippen LogP contribution in [0.2, 0.25) is 0 Å². The van der Waals surface area contributed by atoms with Crippen LogP contribution in [0.15, 0.2) is 0 Å². The van der Waals surface area contributed by atoms with Gasteiger partial charge < -0.3 is 10.6 Å². The highest BCUT2D eigenvalue weighted by molar-refractivity contribution is 5.85. The summed E-state index contributed by atoms with van der Waals surface area (Å²) >= 11 is 0. The van der Waals surface area contributed by atoms with Crippen LogP contribution in [0, 0.1) is 17.3 Å². The third-order valence-corrected chi connectivity index (χ3v) is 4.42. The van der Waals surface area contributed by atoms with Crippen LogP contribution in [0.1, 0.15) is 60.3 Å². The van der Waals surface area contributed by atoms with Crippen molar-refractivity contribution in [1.82, 2.24) is 10.6 Å². The molecule has 0 aliphatic rings. The summed E-state index contributed by atoms with van der Waals surface area (Å²) in [4.78, 5) is 40.1. The quantitative estimate of drug-likeness (QED) is 0.342. The van der Waals surface area contributed by atoms with Gasteiger partial charge in [-0.2, -0.15) is 0 Å². The fourth-order valence-electron chi connectivity index (χ4n) is 2.65. The average Bonchev–Trinajstić information content (AvgIpc) is 2.53. The maximum atomic E-state index is 12.5. The third-order valence-electron chi connectivity index (χ3n) is 4.42. The van der Waals surface area contributed by atoms with Crippen molar-refractivity contribution in [2.75, 3.05) is 19.7 Å². The van der Waals surface area contributed by atoms with Crippen molar-refractivity contribution in [1.29, 1.82) is 0 Å². The fraction of sp³-hybridized carbons (Fsp3) is 0.833. The number of ketones is 1. The number of rotatable bonds is 13. The van der Waals surface area contributed by atoms with Gasteiger partial charge in [0.25, 0.3) is 0 Å². The van der Waals surface area contributed by atoms with Crippen molar-refractivity contribution in [2.45, 2.75) is 60.3 Å². The molecule has 0 radical (unpaired) electrons. The summed E-state index contributed by atoms with van der Waals surface area (Å²) in [6.45, 7) is 10.5. The predicted molar refractivity (Wildman–Crippen MR) is 97.4 cm³/mol. The van der Waals surface area contributed by atoms with Crippen LogP contribution in [0.25, 0.3) is 0 Å². The van der Waals surface area contributed by atoms with Gasteiger partial charge in [-0.3, -0.25) is 19.2 Å². The molecule has 0 aromatic rings. The molecule has 0 spiro atoms. The van der Waals surface area contributed by atoms with Gasteiger partial charge in [0.2, 0.25) is 11.8 Å². The Morgan fingerprint density at radius 3 is 2.24 bits per heavy atom. The van der Waals surface area contributed by atoms with Gasteiger partial charge in [0.1, 0.15) is 12.4 Å². The van der Waals surface area contributed by atoms with Crippen LogP contribution in [0.4, 0.5) is 0 Å². The number of nitrogens with one attached hydrogen (secondary N) is 2. The Labute approximate surface area is 151 Å². The van der Waals surface area contributed by atoms with E-state index in [4.69, 9.17) is 5.90 Å². The van der Waals surface area contributed by atoms with E-state index in [2.05, 4.69) is 15.5 Å². The molecule has 0 aromatic carbocycles. The van der Waals surface area contributed by atoms with Gasteiger partial charge >= 0.3 is 0 Å². The highest BCUT2D eigenvalue weighted by Gasteiger charge is 2.34. The second-order valence-electron chi connectivity index (χ2n) is 7.35. The first-order valence-corrected chi connectivity index (χ1v) is 9.05. The SMILES string of the molecule is CCC(C)(CC(C)C(=O)CC(C)C)C(=O)NCCCNC(=O)CON. The monoisotopic (exact) mass is 357 g/mol. The third kappa shape index (κ3) is 9.55. The first kappa shape index (κ1) is 23.5. The predicted octanol–water partition coefficient (Wildman–Crippen LogP) is 1.56. The van der Waals surface area contributed by atoms with Crippen LogP contribution in [0.3, 0.4) is 0 Å². The molecule has 0 fully saturated rings. The zero-order valence-electron chi connectivity index (χ0n) is 16.3. The van der Waals surface area contributed by atoms with Crippen molar-refractivity contribution in [3.8, 4) is 0 Å². The molecule has 2 unspecified atom stereocenters. The highest BCUT2D eigenvalue weighted by atomic mass is 16.6. The molecule has 2 atom stereocenters. The summed E-state index contributed by atoms with van der Waals surface area (Å²) in [5, 5.41) is 5.54. The highest BCUT2D eigenvalue weighted by Crippen LogP contribution is 2.31. The first-order chi connectivity index (χ1) is 11.7. The minimum absolute atomic E-state index is 0.0455. The lowest BCUT2D eigenvalue weighted by Gasteiger charge is -2.29. The van der Waals surface area contributed by atoms with Crippen LogP contribution in [-0.4, -0.2) is 37.3 Å². The van der Waals surface area contributed by atoms with Crippen LogP contribution < -0.4 is 16.5 Å². The molecule has 7 nitrogen and oxygen atoms in total. The summed E-state index contributed by atoms with van der Waals surface area (Å²) in [5.41, 5.74) is -0.567. The van der Waals surface area contributed by atoms with E-state index in [-0.39, 0.29) is 30.1 Å². The molecule has 7 heteroatoms. The molecule has 0 bridgehead atoms. The molecule has 4 N–H and O–H groups in total. The Kier molecular flexibility index (Phi) is 11.3. The molecule has 0 aliphatic heterocycles. The van der Waals surface area contributed by atoms with Gasteiger partial charge in [-0.05, 0) is 25.2 Å². The minimum atomic E-state index is -0.567. The number of carbonyl (C=O) groups excluding carboxylic acids is 3. The van der Waals surface area contributed by atoms with Crippen LogP contribution in [-0.2, 0) is 19.2 Å². The maximum Gasteiger partial charge on any atom is 0.248 e. The van der Waals surface area contributed by atoms with Crippen molar-refractivity contribution < 1.29 is 19.2 Å². The molecule has 0 aromatic heterocycles. The van der Waals surface area contributed by atoms with E-state index in [0.717, 1.165) is 0 Å². The minimum Gasteiger partial charge on any atom is -0.356 e. The molecule has 25 heavy (non-hydrogen) atoms. The lowest BCUT2D eigenvalue weighted by atomic mass is 9.76. The van der Waals surface area contributed by atoms with E-state index >= 15 is 0 Å². The Morgan fingerprint density at radius 1 is 1.12 bits per heavy atom. The topological polar surface area (TPSA) is 111 Å². The number of carbonyl (C=O) groups is 3. The number of nitrogens with two attached hydrogens (primary N) is 1. The summed E-state index contributed by atoms with van der Waals surface area (Å²) in [7, 11) is 0.